The summed E-state index contributed by atoms with van der Waals surface area (Å²) in [5.74, 6) is -0.914. The lowest BCUT2D eigenvalue weighted by Crippen LogP contribution is -2.52. The van der Waals surface area contributed by atoms with Crippen LogP contribution in [0, 0.1) is 5.41 Å². The Morgan fingerprint density at radius 2 is 1.96 bits per heavy atom. The highest BCUT2D eigenvalue weighted by atomic mass is 19.4. The third-order valence-electron chi connectivity index (χ3n) is 4.49. The highest BCUT2D eigenvalue weighted by Gasteiger charge is 2.62. The average molecular weight is 343 g/mol. The van der Waals surface area contributed by atoms with Gasteiger partial charge in [-0.2, -0.15) is 13.2 Å². The number of unbranched alkanes of at least 4 members (excludes halogenated alkanes) is 1. The molecule has 1 atom stereocenters. The molecule has 0 bridgehead atoms. The standard InChI is InChI=1S/C17H24F3N3O/c18-17(19,20)16(15(24)22-10-5-4-9-21)8-11-23(13-16)12-14-6-2-1-3-7-14/h1-3,6-7H,4-5,8-13,21H2,(H,22,24). The first-order chi connectivity index (χ1) is 11.4. The highest BCUT2D eigenvalue weighted by molar-refractivity contribution is 5.84. The summed E-state index contributed by atoms with van der Waals surface area (Å²) >= 11 is 0. The summed E-state index contributed by atoms with van der Waals surface area (Å²) in [7, 11) is 0. The van der Waals surface area contributed by atoms with Crippen molar-refractivity contribution in [1.82, 2.24) is 10.2 Å². The first-order valence-electron chi connectivity index (χ1n) is 8.20. The number of hydrogen-bond acceptors (Lipinski definition) is 3. The smallest absolute Gasteiger partial charge is 0.355 e. The van der Waals surface area contributed by atoms with Gasteiger partial charge in [-0.25, -0.2) is 0 Å². The molecule has 0 spiro atoms. The van der Waals surface area contributed by atoms with Crippen LogP contribution in [0.25, 0.3) is 0 Å². The second kappa shape index (κ2) is 7.98. The zero-order chi connectivity index (χ0) is 17.6. The van der Waals surface area contributed by atoms with Crippen LogP contribution in [0.2, 0.25) is 0 Å². The maximum absolute atomic E-state index is 13.6. The number of likely N-dealkylation sites (tertiary alicyclic amines) is 1. The van der Waals surface area contributed by atoms with E-state index in [9.17, 15) is 18.0 Å². The number of amides is 1. The monoisotopic (exact) mass is 343 g/mol. The summed E-state index contributed by atoms with van der Waals surface area (Å²) in [6.45, 7) is 1.07. The van der Waals surface area contributed by atoms with Gasteiger partial charge in [0.25, 0.3) is 0 Å². The van der Waals surface area contributed by atoms with Crippen molar-refractivity contribution in [3.05, 3.63) is 35.9 Å². The molecular formula is C17H24F3N3O. The third-order valence-corrected chi connectivity index (χ3v) is 4.49. The maximum Gasteiger partial charge on any atom is 0.404 e. The predicted molar refractivity (Wildman–Crippen MR) is 86.1 cm³/mol. The lowest BCUT2D eigenvalue weighted by Gasteiger charge is -2.30. The van der Waals surface area contributed by atoms with Crippen LogP contribution in [0.5, 0.6) is 0 Å². The van der Waals surface area contributed by atoms with E-state index >= 15 is 0 Å². The van der Waals surface area contributed by atoms with Crippen LogP contribution in [0.1, 0.15) is 24.8 Å². The largest absolute Gasteiger partial charge is 0.404 e. The second-order valence-corrected chi connectivity index (χ2v) is 6.28. The zero-order valence-corrected chi connectivity index (χ0v) is 13.6. The lowest BCUT2D eigenvalue weighted by atomic mass is 9.85. The molecule has 0 radical (unpaired) electrons. The van der Waals surface area contributed by atoms with Gasteiger partial charge in [-0.05, 0) is 37.9 Å². The Hall–Kier alpha value is -1.60. The molecule has 24 heavy (non-hydrogen) atoms. The van der Waals surface area contributed by atoms with Crippen LogP contribution in [-0.2, 0) is 11.3 Å². The quantitative estimate of drug-likeness (QED) is 0.747. The van der Waals surface area contributed by atoms with E-state index in [0.717, 1.165) is 5.56 Å². The minimum Gasteiger partial charge on any atom is -0.355 e. The minimum atomic E-state index is -4.56. The Labute approximate surface area is 140 Å². The second-order valence-electron chi connectivity index (χ2n) is 6.28. The van der Waals surface area contributed by atoms with E-state index in [0.29, 0.717) is 25.9 Å². The molecule has 2 rings (SSSR count). The molecule has 3 N–H and O–H groups in total. The van der Waals surface area contributed by atoms with Gasteiger partial charge in [0, 0.05) is 19.6 Å². The number of carbonyl (C=O) groups excluding carboxylic acids is 1. The van der Waals surface area contributed by atoms with Crippen molar-refractivity contribution >= 4 is 5.91 Å². The van der Waals surface area contributed by atoms with Crippen LogP contribution in [-0.4, -0.2) is 43.2 Å². The van der Waals surface area contributed by atoms with Crippen molar-refractivity contribution in [3.63, 3.8) is 0 Å². The van der Waals surface area contributed by atoms with Crippen LogP contribution < -0.4 is 11.1 Å². The summed E-state index contributed by atoms with van der Waals surface area (Å²) in [5.41, 5.74) is 3.98. The van der Waals surface area contributed by atoms with E-state index in [-0.39, 0.29) is 26.1 Å². The summed E-state index contributed by atoms with van der Waals surface area (Å²) < 4.78 is 40.9. The first kappa shape index (κ1) is 18.7. The fourth-order valence-electron chi connectivity index (χ4n) is 3.05. The highest BCUT2D eigenvalue weighted by Crippen LogP contribution is 2.46. The Morgan fingerprint density at radius 1 is 1.25 bits per heavy atom. The maximum atomic E-state index is 13.6. The molecule has 0 aromatic heterocycles. The molecular weight excluding hydrogens is 319 g/mol. The number of nitrogens with one attached hydrogen (secondary N) is 1. The molecule has 1 fully saturated rings. The summed E-state index contributed by atoms with van der Waals surface area (Å²) in [5, 5.41) is 2.45. The number of carbonyl (C=O) groups is 1. The third kappa shape index (κ3) is 4.27. The number of alkyl halides is 3. The van der Waals surface area contributed by atoms with E-state index in [4.69, 9.17) is 5.73 Å². The molecule has 7 heteroatoms. The minimum absolute atomic E-state index is 0.202. The van der Waals surface area contributed by atoms with Gasteiger partial charge in [-0.3, -0.25) is 9.69 Å². The van der Waals surface area contributed by atoms with Crippen molar-refractivity contribution in [2.45, 2.75) is 32.0 Å². The fourth-order valence-corrected chi connectivity index (χ4v) is 3.05. The number of nitrogens with zero attached hydrogens (tertiary/aromatic N) is 1. The topological polar surface area (TPSA) is 58.4 Å². The molecule has 0 saturated carbocycles. The molecule has 1 aliphatic rings. The van der Waals surface area contributed by atoms with E-state index in [1.807, 2.05) is 30.3 Å². The Balaban J connectivity index is 2.03. The number of hydrogen-bond donors (Lipinski definition) is 2. The van der Waals surface area contributed by atoms with Gasteiger partial charge >= 0.3 is 6.18 Å². The predicted octanol–water partition coefficient (Wildman–Crippen LogP) is 2.30. The molecule has 0 aliphatic carbocycles. The van der Waals surface area contributed by atoms with Gasteiger partial charge in [0.1, 0.15) is 0 Å². The molecule has 4 nitrogen and oxygen atoms in total. The van der Waals surface area contributed by atoms with Crippen molar-refractivity contribution in [1.29, 1.82) is 0 Å². The van der Waals surface area contributed by atoms with E-state index in [2.05, 4.69) is 5.32 Å². The summed E-state index contributed by atoms with van der Waals surface area (Å²) in [6, 6.07) is 9.32. The molecule has 134 valence electrons. The first-order valence-corrected chi connectivity index (χ1v) is 8.20. The Kier molecular flexibility index (Phi) is 6.23. The van der Waals surface area contributed by atoms with E-state index < -0.39 is 17.5 Å². The van der Waals surface area contributed by atoms with Gasteiger partial charge in [0.2, 0.25) is 5.91 Å². The van der Waals surface area contributed by atoms with Gasteiger partial charge in [-0.15, -0.1) is 0 Å². The van der Waals surface area contributed by atoms with Gasteiger partial charge < -0.3 is 11.1 Å². The molecule has 1 saturated heterocycles. The number of benzene rings is 1. The Morgan fingerprint density at radius 3 is 2.58 bits per heavy atom. The number of rotatable bonds is 7. The fraction of sp³-hybridized carbons (Fsp3) is 0.588. The van der Waals surface area contributed by atoms with E-state index in [1.165, 1.54) is 0 Å². The Bertz CT molecular complexity index is 536. The van der Waals surface area contributed by atoms with Crippen LogP contribution >= 0.6 is 0 Å². The van der Waals surface area contributed by atoms with Crippen molar-refractivity contribution in [2.75, 3.05) is 26.2 Å². The molecule has 1 aromatic carbocycles. The van der Waals surface area contributed by atoms with Gasteiger partial charge in [-0.1, -0.05) is 30.3 Å². The SMILES string of the molecule is NCCCCNC(=O)C1(C(F)(F)F)CCN(Cc2ccccc2)C1. The normalized spacial score (nSPS) is 21.8. The van der Waals surface area contributed by atoms with Crippen LogP contribution in [0.4, 0.5) is 13.2 Å². The van der Waals surface area contributed by atoms with E-state index in [1.54, 1.807) is 4.90 Å². The zero-order valence-electron chi connectivity index (χ0n) is 13.6. The van der Waals surface area contributed by atoms with Crippen molar-refractivity contribution in [3.8, 4) is 0 Å². The summed E-state index contributed by atoms with van der Waals surface area (Å²) in [6.07, 6.45) is -3.49. The van der Waals surface area contributed by atoms with Crippen molar-refractivity contribution < 1.29 is 18.0 Å². The summed E-state index contributed by atoms with van der Waals surface area (Å²) in [4.78, 5) is 14.0. The number of nitrogens with two attached hydrogens (primary N) is 1. The molecule has 1 aliphatic heterocycles. The van der Waals surface area contributed by atoms with Gasteiger partial charge in [0.05, 0.1) is 0 Å². The molecule has 1 unspecified atom stereocenters. The van der Waals surface area contributed by atoms with Gasteiger partial charge in [0.15, 0.2) is 5.41 Å². The molecule has 1 amide bonds. The average Bonchev–Trinajstić information content (AvgIpc) is 2.97. The van der Waals surface area contributed by atoms with Crippen molar-refractivity contribution in [2.24, 2.45) is 11.1 Å². The number of halogens is 3. The lowest BCUT2D eigenvalue weighted by molar-refractivity contribution is -0.218. The van der Waals surface area contributed by atoms with Crippen LogP contribution in [0.15, 0.2) is 30.3 Å². The molecule has 1 heterocycles. The van der Waals surface area contributed by atoms with Crippen LogP contribution in [0.3, 0.4) is 0 Å². The molecule has 1 aromatic rings.